The molecule has 0 fully saturated rings. The molecule has 0 spiro atoms. The Labute approximate surface area is 164 Å². The Hall–Kier alpha value is -2.06. The van der Waals surface area contributed by atoms with E-state index in [0.29, 0.717) is 29.9 Å². The molecule has 0 atom stereocenters. The highest BCUT2D eigenvalue weighted by Gasteiger charge is 2.31. The molecule has 1 aromatic heterocycles. The number of halogens is 1. The maximum atomic E-state index is 13.3. The van der Waals surface area contributed by atoms with Crippen molar-refractivity contribution in [2.24, 2.45) is 7.05 Å². The normalized spacial score (nSPS) is 11.4. The van der Waals surface area contributed by atoms with Crippen molar-refractivity contribution >= 4 is 33.3 Å². The predicted molar refractivity (Wildman–Crippen MR) is 105 cm³/mol. The van der Waals surface area contributed by atoms with Gasteiger partial charge < -0.3 is 4.74 Å². The van der Waals surface area contributed by atoms with Gasteiger partial charge in [0, 0.05) is 13.6 Å². The molecule has 0 unspecified atom stereocenters. The smallest absolute Gasteiger partial charge is 0.338 e. The van der Waals surface area contributed by atoms with Crippen LogP contribution in [0.1, 0.15) is 42.7 Å². The number of benzene rings is 1. The largest absolute Gasteiger partial charge is 0.462 e. The minimum atomic E-state index is -3.91. The summed E-state index contributed by atoms with van der Waals surface area (Å²) < 4.78 is 34.2. The van der Waals surface area contributed by atoms with Crippen LogP contribution in [-0.2, 0) is 21.8 Å². The number of rotatable bonds is 8. The van der Waals surface area contributed by atoms with Crippen LogP contribution >= 0.6 is 11.6 Å². The van der Waals surface area contributed by atoms with Crippen LogP contribution in [0.4, 0.5) is 5.69 Å². The molecular weight excluding hydrogens is 390 g/mol. The standard InChI is InChI=1S/C18H24ClN3O4S/c1-5-7-12-22(15-10-8-14(9-11-15)18(23)26-6-2)27(24,25)16-13(3)20-21(4)17(16)19/h8-11H,5-7,12H2,1-4H3. The second-order valence-corrected chi connectivity index (χ2v) is 8.18. The summed E-state index contributed by atoms with van der Waals surface area (Å²) in [5.74, 6) is -0.446. The molecule has 2 rings (SSSR count). The summed E-state index contributed by atoms with van der Waals surface area (Å²) in [5.41, 5.74) is 1.16. The Morgan fingerprint density at radius 2 is 1.89 bits per heavy atom. The number of unbranched alkanes of at least 4 members (excludes halogenated alkanes) is 1. The molecule has 0 aliphatic heterocycles. The van der Waals surface area contributed by atoms with E-state index in [2.05, 4.69) is 5.10 Å². The van der Waals surface area contributed by atoms with Crippen LogP contribution in [0, 0.1) is 6.92 Å². The van der Waals surface area contributed by atoms with Crippen molar-refractivity contribution in [1.29, 1.82) is 0 Å². The average Bonchev–Trinajstić information content (AvgIpc) is 2.88. The first-order chi connectivity index (χ1) is 12.7. The molecule has 9 heteroatoms. The third-order valence-electron chi connectivity index (χ3n) is 4.03. The zero-order valence-electron chi connectivity index (χ0n) is 15.9. The van der Waals surface area contributed by atoms with Crippen LogP contribution in [-0.4, -0.2) is 37.3 Å². The van der Waals surface area contributed by atoms with Gasteiger partial charge in [0.15, 0.2) is 0 Å². The molecular formula is C18H24ClN3O4S. The summed E-state index contributed by atoms with van der Waals surface area (Å²) in [4.78, 5) is 11.8. The van der Waals surface area contributed by atoms with Gasteiger partial charge in [0.1, 0.15) is 10.0 Å². The molecule has 2 aromatic rings. The van der Waals surface area contributed by atoms with Gasteiger partial charge in [0.25, 0.3) is 10.0 Å². The molecule has 0 aliphatic carbocycles. The minimum absolute atomic E-state index is 0.00256. The SMILES string of the molecule is CCCCN(c1ccc(C(=O)OCC)cc1)S(=O)(=O)c1c(C)nn(C)c1Cl. The number of hydrogen-bond donors (Lipinski definition) is 0. The maximum absolute atomic E-state index is 13.3. The molecule has 148 valence electrons. The number of sulfonamides is 1. The van der Waals surface area contributed by atoms with Crippen molar-refractivity contribution in [3.63, 3.8) is 0 Å². The van der Waals surface area contributed by atoms with Gasteiger partial charge in [-0.15, -0.1) is 0 Å². The van der Waals surface area contributed by atoms with Gasteiger partial charge >= 0.3 is 5.97 Å². The van der Waals surface area contributed by atoms with Crippen LogP contribution in [0.3, 0.4) is 0 Å². The fraction of sp³-hybridized carbons (Fsp3) is 0.444. The predicted octanol–water partition coefficient (Wildman–Crippen LogP) is 3.55. The lowest BCUT2D eigenvalue weighted by Gasteiger charge is -2.24. The van der Waals surface area contributed by atoms with Crippen molar-refractivity contribution in [2.75, 3.05) is 17.5 Å². The molecule has 27 heavy (non-hydrogen) atoms. The summed E-state index contributed by atoms with van der Waals surface area (Å²) in [6.45, 7) is 5.89. The first kappa shape index (κ1) is 21.2. The number of carbonyl (C=O) groups is 1. The zero-order chi connectivity index (χ0) is 20.2. The van der Waals surface area contributed by atoms with E-state index in [1.54, 1.807) is 45.2 Å². The van der Waals surface area contributed by atoms with Crippen LogP contribution in [0.15, 0.2) is 29.2 Å². The number of anilines is 1. The van der Waals surface area contributed by atoms with Gasteiger partial charge in [0.2, 0.25) is 0 Å². The molecule has 7 nitrogen and oxygen atoms in total. The van der Waals surface area contributed by atoms with E-state index in [9.17, 15) is 13.2 Å². The van der Waals surface area contributed by atoms with Gasteiger partial charge in [-0.3, -0.25) is 8.99 Å². The van der Waals surface area contributed by atoms with E-state index in [4.69, 9.17) is 16.3 Å². The number of aryl methyl sites for hydroxylation is 2. The van der Waals surface area contributed by atoms with Gasteiger partial charge in [-0.1, -0.05) is 24.9 Å². The Bertz CT molecular complexity index is 907. The van der Waals surface area contributed by atoms with Gasteiger partial charge in [-0.2, -0.15) is 5.10 Å². The Kier molecular flexibility index (Phi) is 6.89. The topological polar surface area (TPSA) is 81.5 Å². The lowest BCUT2D eigenvalue weighted by atomic mass is 10.2. The van der Waals surface area contributed by atoms with E-state index in [1.165, 1.54) is 8.99 Å². The molecule has 0 N–H and O–H groups in total. The van der Waals surface area contributed by atoms with Crippen molar-refractivity contribution in [1.82, 2.24) is 9.78 Å². The van der Waals surface area contributed by atoms with E-state index in [0.717, 1.165) is 6.42 Å². The lowest BCUT2D eigenvalue weighted by molar-refractivity contribution is 0.0526. The Morgan fingerprint density at radius 1 is 1.26 bits per heavy atom. The van der Waals surface area contributed by atoms with Gasteiger partial charge in [-0.05, 0) is 44.5 Å². The molecule has 1 heterocycles. The van der Waals surface area contributed by atoms with Crippen molar-refractivity contribution in [3.8, 4) is 0 Å². The summed E-state index contributed by atoms with van der Waals surface area (Å²) in [5, 5.41) is 4.18. The maximum Gasteiger partial charge on any atom is 0.338 e. The summed E-state index contributed by atoms with van der Waals surface area (Å²) in [6, 6.07) is 6.30. The lowest BCUT2D eigenvalue weighted by Crippen LogP contribution is -2.32. The number of carbonyl (C=O) groups excluding carboxylic acids is 1. The summed E-state index contributed by atoms with van der Waals surface area (Å²) >= 11 is 6.20. The van der Waals surface area contributed by atoms with Gasteiger partial charge in [0.05, 0.1) is 23.6 Å². The average molecular weight is 414 g/mol. The third kappa shape index (κ3) is 4.44. The summed E-state index contributed by atoms with van der Waals surface area (Å²) in [7, 11) is -2.31. The van der Waals surface area contributed by atoms with E-state index in [-0.39, 0.29) is 16.7 Å². The second-order valence-electron chi connectivity index (χ2n) is 6.03. The Morgan fingerprint density at radius 3 is 2.37 bits per heavy atom. The van der Waals surface area contributed by atoms with Crippen molar-refractivity contribution in [2.45, 2.75) is 38.5 Å². The molecule has 0 bridgehead atoms. The molecule has 0 saturated carbocycles. The number of nitrogens with zero attached hydrogens (tertiary/aromatic N) is 3. The molecule has 0 aliphatic rings. The first-order valence-electron chi connectivity index (χ1n) is 8.73. The number of ether oxygens (including phenoxy) is 1. The quantitative estimate of drug-likeness (QED) is 0.618. The molecule has 0 radical (unpaired) electrons. The van der Waals surface area contributed by atoms with Crippen LogP contribution in [0.2, 0.25) is 5.15 Å². The first-order valence-corrected chi connectivity index (χ1v) is 10.5. The highest BCUT2D eigenvalue weighted by molar-refractivity contribution is 7.93. The highest BCUT2D eigenvalue weighted by atomic mass is 35.5. The fourth-order valence-electron chi connectivity index (χ4n) is 2.68. The zero-order valence-corrected chi connectivity index (χ0v) is 17.5. The van der Waals surface area contributed by atoms with Crippen LogP contribution in [0.25, 0.3) is 0 Å². The van der Waals surface area contributed by atoms with Crippen molar-refractivity contribution < 1.29 is 17.9 Å². The Balaban J connectivity index is 2.47. The van der Waals surface area contributed by atoms with E-state index >= 15 is 0 Å². The van der Waals surface area contributed by atoms with Crippen LogP contribution < -0.4 is 4.31 Å². The summed E-state index contributed by atoms with van der Waals surface area (Å²) in [6.07, 6.45) is 1.50. The van der Waals surface area contributed by atoms with Crippen LogP contribution in [0.5, 0.6) is 0 Å². The van der Waals surface area contributed by atoms with Gasteiger partial charge in [-0.25, -0.2) is 13.2 Å². The molecule has 1 aromatic carbocycles. The second kappa shape index (κ2) is 8.75. The van der Waals surface area contributed by atoms with Crippen molar-refractivity contribution in [3.05, 3.63) is 40.7 Å². The highest BCUT2D eigenvalue weighted by Crippen LogP contribution is 2.31. The number of hydrogen-bond acceptors (Lipinski definition) is 5. The molecule has 0 saturated heterocycles. The van der Waals surface area contributed by atoms with E-state index < -0.39 is 16.0 Å². The fourth-order valence-corrected chi connectivity index (χ4v) is 4.90. The third-order valence-corrected chi connectivity index (χ3v) is 6.55. The monoisotopic (exact) mass is 413 g/mol. The molecule has 0 amide bonds. The number of aromatic nitrogens is 2. The minimum Gasteiger partial charge on any atom is -0.462 e. The van der Waals surface area contributed by atoms with E-state index in [1.807, 2.05) is 6.92 Å². The number of esters is 1.